The van der Waals surface area contributed by atoms with Gasteiger partial charge >= 0.3 is 5.97 Å². The Morgan fingerprint density at radius 3 is 2.12 bits per heavy atom. The van der Waals surface area contributed by atoms with Crippen molar-refractivity contribution in [3.05, 3.63) is 71.8 Å². The number of ketones is 1. The Labute approximate surface area is 140 Å². The molecule has 0 spiro atoms. The zero-order valence-corrected chi connectivity index (χ0v) is 13.4. The van der Waals surface area contributed by atoms with E-state index in [0.717, 1.165) is 5.56 Å². The molecule has 0 saturated carbocycles. The molecule has 5 nitrogen and oxygen atoms in total. The Morgan fingerprint density at radius 2 is 1.54 bits per heavy atom. The lowest BCUT2D eigenvalue weighted by Crippen LogP contribution is -2.43. The van der Waals surface area contributed by atoms with Crippen LogP contribution in [0.5, 0.6) is 0 Å². The third-order valence-corrected chi connectivity index (χ3v) is 3.45. The molecule has 2 aromatic carbocycles. The lowest BCUT2D eigenvalue weighted by atomic mass is 10.0. The van der Waals surface area contributed by atoms with Gasteiger partial charge in [-0.15, -0.1) is 0 Å². The van der Waals surface area contributed by atoms with E-state index in [4.69, 9.17) is 4.74 Å². The standard InChI is InChI=1S/C19H19NO4/c1-14(21)17(12-15-8-4-2-5-9-15)20-18(22)13-24-19(23)16-10-6-3-7-11-16/h2-11,17H,12-13H2,1H3,(H,20,22)/t17-/m0/s1. The molecule has 0 bridgehead atoms. The van der Waals surface area contributed by atoms with Crippen molar-refractivity contribution in [2.75, 3.05) is 6.61 Å². The van der Waals surface area contributed by atoms with E-state index >= 15 is 0 Å². The van der Waals surface area contributed by atoms with Gasteiger partial charge in [0.15, 0.2) is 12.4 Å². The number of hydrogen-bond donors (Lipinski definition) is 1. The monoisotopic (exact) mass is 325 g/mol. The SMILES string of the molecule is CC(=O)[C@H](Cc1ccccc1)NC(=O)COC(=O)c1ccccc1. The lowest BCUT2D eigenvalue weighted by molar-refractivity contribution is -0.128. The highest BCUT2D eigenvalue weighted by molar-refractivity contribution is 5.92. The Balaban J connectivity index is 1.87. The quantitative estimate of drug-likeness (QED) is 0.792. The molecule has 0 aliphatic carbocycles. The second-order valence-corrected chi connectivity index (χ2v) is 5.36. The number of hydrogen-bond acceptors (Lipinski definition) is 4. The molecule has 0 radical (unpaired) electrons. The van der Waals surface area contributed by atoms with Crippen LogP contribution in [0.3, 0.4) is 0 Å². The van der Waals surface area contributed by atoms with E-state index in [9.17, 15) is 14.4 Å². The van der Waals surface area contributed by atoms with Crippen LogP contribution in [0.25, 0.3) is 0 Å². The van der Waals surface area contributed by atoms with Gasteiger partial charge in [-0.25, -0.2) is 4.79 Å². The number of rotatable bonds is 7. The lowest BCUT2D eigenvalue weighted by Gasteiger charge is -2.16. The van der Waals surface area contributed by atoms with Gasteiger partial charge in [-0.2, -0.15) is 0 Å². The largest absolute Gasteiger partial charge is 0.452 e. The fraction of sp³-hybridized carbons (Fsp3) is 0.211. The van der Waals surface area contributed by atoms with Crippen molar-refractivity contribution in [1.82, 2.24) is 5.32 Å². The maximum Gasteiger partial charge on any atom is 0.338 e. The number of amides is 1. The molecular formula is C19H19NO4. The summed E-state index contributed by atoms with van der Waals surface area (Å²) >= 11 is 0. The Morgan fingerprint density at radius 1 is 0.958 bits per heavy atom. The van der Waals surface area contributed by atoms with Gasteiger partial charge in [-0.3, -0.25) is 9.59 Å². The van der Waals surface area contributed by atoms with E-state index in [0.29, 0.717) is 12.0 Å². The summed E-state index contributed by atoms with van der Waals surface area (Å²) in [6.45, 7) is 0.996. The minimum Gasteiger partial charge on any atom is -0.452 e. The molecule has 24 heavy (non-hydrogen) atoms. The summed E-state index contributed by atoms with van der Waals surface area (Å²) in [6, 6.07) is 17.2. The Bertz CT molecular complexity index is 698. The normalized spacial score (nSPS) is 11.4. The maximum atomic E-state index is 11.9. The predicted molar refractivity (Wildman–Crippen MR) is 89.5 cm³/mol. The molecule has 0 aliphatic rings. The number of carbonyl (C=O) groups excluding carboxylic acids is 3. The highest BCUT2D eigenvalue weighted by atomic mass is 16.5. The van der Waals surface area contributed by atoms with Crippen LogP contribution in [0.4, 0.5) is 0 Å². The van der Waals surface area contributed by atoms with E-state index in [1.165, 1.54) is 6.92 Å². The molecule has 0 aliphatic heterocycles. The van der Waals surface area contributed by atoms with Gasteiger partial charge in [-0.1, -0.05) is 48.5 Å². The van der Waals surface area contributed by atoms with Crippen LogP contribution in [-0.4, -0.2) is 30.3 Å². The zero-order valence-electron chi connectivity index (χ0n) is 13.4. The fourth-order valence-corrected chi connectivity index (χ4v) is 2.17. The second kappa shape index (κ2) is 8.62. The number of Topliss-reactive ketones (excluding diaryl/α,β-unsaturated/α-hetero) is 1. The molecule has 5 heteroatoms. The first-order chi connectivity index (χ1) is 11.6. The Hall–Kier alpha value is -2.95. The van der Waals surface area contributed by atoms with Gasteiger partial charge in [0.05, 0.1) is 11.6 Å². The molecule has 1 N–H and O–H groups in total. The third kappa shape index (κ3) is 5.35. The first-order valence-corrected chi connectivity index (χ1v) is 7.62. The highest BCUT2D eigenvalue weighted by Crippen LogP contribution is 2.05. The molecule has 0 aromatic heterocycles. The second-order valence-electron chi connectivity index (χ2n) is 5.36. The van der Waals surface area contributed by atoms with Crippen LogP contribution in [0, 0.1) is 0 Å². The summed E-state index contributed by atoms with van der Waals surface area (Å²) in [5, 5.41) is 2.61. The first-order valence-electron chi connectivity index (χ1n) is 7.62. The molecule has 124 valence electrons. The van der Waals surface area contributed by atoms with Crippen molar-refractivity contribution in [2.45, 2.75) is 19.4 Å². The Kier molecular flexibility index (Phi) is 6.25. The van der Waals surface area contributed by atoms with Gasteiger partial charge in [0.25, 0.3) is 5.91 Å². The van der Waals surface area contributed by atoms with Crippen molar-refractivity contribution < 1.29 is 19.1 Å². The zero-order chi connectivity index (χ0) is 17.4. The minimum atomic E-state index is -0.643. The van der Waals surface area contributed by atoms with Crippen molar-refractivity contribution in [2.24, 2.45) is 0 Å². The van der Waals surface area contributed by atoms with E-state index in [1.54, 1.807) is 30.3 Å². The number of benzene rings is 2. The van der Waals surface area contributed by atoms with E-state index in [2.05, 4.69) is 5.32 Å². The smallest absolute Gasteiger partial charge is 0.338 e. The van der Waals surface area contributed by atoms with E-state index < -0.39 is 24.5 Å². The molecule has 0 unspecified atom stereocenters. The van der Waals surface area contributed by atoms with Gasteiger partial charge in [0.1, 0.15) is 0 Å². The summed E-state index contributed by atoms with van der Waals surface area (Å²) in [5.74, 6) is -1.23. The number of nitrogens with one attached hydrogen (secondary N) is 1. The molecular weight excluding hydrogens is 306 g/mol. The van der Waals surface area contributed by atoms with Crippen LogP contribution in [0.2, 0.25) is 0 Å². The van der Waals surface area contributed by atoms with Crippen LogP contribution in [-0.2, 0) is 20.7 Å². The summed E-state index contributed by atoms with van der Waals surface area (Å²) in [6.07, 6.45) is 0.397. The summed E-state index contributed by atoms with van der Waals surface area (Å²) in [4.78, 5) is 35.5. The van der Waals surface area contributed by atoms with Gasteiger partial charge in [0.2, 0.25) is 0 Å². The van der Waals surface area contributed by atoms with Crippen molar-refractivity contribution >= 4 is 17.7 Å². The van der Waals surface area contributed by atoms with E-state index in [-0.39, 0.29) is 5.78 Å². The maximum absolute atomic E-state index is 11.9. The average molecular weight is 325 g/mol. The molecule has 1 atom stereocenters. The van der Waals surface area contributed by atoms with Crippen LogP contribution < -0.4 is 5.32 Å². The highest BCUT2D eigenvalue weighted by Gasteiger charge is 2.18. The molecule has 0 fully saturated rings. The molecule has 2 aromatic rings. The van der Waals surface area contributed by atoms with Crippen LogP contribution >= 0.6 is 0 Å². The molecule has 1 amide bonds. The van der Waals surface area contributed by atoms with Gasteiger partial charge < -0.3 is 10.1 Å². The summed E-state index contributed by atoms with van der Waals surface area (Å²) < 4.78 is 4.96. The van der Waals surface area contributed by atoms with Gasteiger partial charge in [-0.05, 0) is 31.0 Å². The molecule has 2 rings (SSSR count). The van der Waals surface area contributed by atoms with E-state index in [1.807, 2.05) is 30.3 Å². The van der Waals surface area contributed by atoms with Crippen LogP contribution in [0.1, 0.15) is 22.8 Å². The van der Waals surface area contributed by atoms with Gasteiger partial charge in [0, 0.05) is 0 Å². The number of esters is 1. The average Bonchev–Trinajstić information content (AvgIpc) is 2.60. The van der Waals surface area contributed by atoms with Crippen molar-refractivity contribution in [3.8, 4) is 0 Å². The number of ether oxygens (including phenoxy) is 1. The summed E-state index contributed by atoms with van der Waals surface area (Å²) in [5.41, 5.74) is 1.32. The molecule has 0 saturated heterocycles. The minimum absolute atomic E-state index is 0.151. The summed E-state index contributed by atoms with van der Waals surface area (Å²) in [7, 11) is 0. The van der Waals surface area contributed by atoms with Crippen LogP contribution in [0.15, 0.2) is 60.7 Å². The fourth-order valence-electron chi connectivity index (χ4n) is 2.17. The van der Waals surface area contributed by atoms with Crippen molar-refractivity contribution in [1.29, 1.82) is 0 Å². The van der Waals surface area contributed by atoms with Crippen molar-refractivity contribution in [3.63, 3.8) is 0 Å². The third-order valence-electron chi connectivity index (χ3n) is 3.45. The number of carbonyl (C=O) groups is 3. The molecule has 0 heterocycles. The first kappa shape index (κ1) is 17.4. The topological polar surface area (TPSA) is 72.5 Å². The predicted octanol–water partition coefficient (Wildman–Crippen LogP) is 2.16.